The van der Waals surface area contributed by atoms with Crippen LogP contribution >= 0.6 is 11.8 Å². The number of amides is 1. The van der Waals surface area contributed by atoms with E-state index in [4.69, 9.17) is 4.74 Å². The van der Waals surface area contributed by atoms with Gasteiger partial charge < -0.3 is 9.64 Å². The number of sulfone groups is 1. The van der Waals surface area contributed by atoms with E-state index < -0.39 is 9.84 Å². The summed E-state index contributed by atoms with van der Waals surface area (Å²) in [5.74, 6) is 0.964. The summed E-state index contributed by atoms with van der Waals surface area (Å²) >= 11 is 1.26. The quantitative estimate of drug-likeness (QED) is 0.572. The molecule has 1 aliphatic heterocycles. The number of hydrogen-bond donors (Lipinski definition) is 0. The van der Waals surface area contributed by atoms with Crippen LogP contribution in [0, 0.1) is 0 Å². The van der Waals surface area contributed by atoms with Crippen molar-refractivity contribution in [1.82, 2.24) is 25.1 Å². The third-order valence-corrected chi connectivity index (χ3v) is 8.59. The number of methoxy groups -OCH3 is 1. The summed E-state index contributed by atoms with van der Waals surface area (Å²) in [5, 5.41) is 12.4. The molecule has 2 fully saturated rings. The average Bonchev–Trinajstić information content (AvgIpc) is 3.39. The summed E-state index contributed by atoms with van der Waals surface area (Å²) in [6.45, 7) is 0. The molecule has 31 heavy (non-hydrogen) atoms. The summed E-state index contributed by atoms with van der Waals surface area (Å²) in [6.07, 6.45) is 5.72. The summed E-state index contributed by atoms with van der Waals surface area (Å²) in [6, 6.07) is 7.28. The number of rotatable bonds is 7. The van der Waals surface area contributed by atoms with Gasteiger partial charge in [-0.1, -0.05) is 43.2 Å². The average molecular weight is 466 g/mol. The van der Waals surface area contributed by atoms with Crippen molar-refractivity contribution < 1.29 is 17.9 Å². The maximum Gasteiger partial charge on any atom is 0.233 e. The lowest BCUT2D eigenvalue weighted by molar-refractivity contribution is -0.133. The number of hydrogen-bond acceptors (Lipinski definition) is 8. The fourth-order valence-corrected chi connectivity index (χ4v) is 6.95. The van der Waals surface area contributed by atoms with Gasteiger partial charge in [-0.25, -0.2) is 8.42 Å². The maximum atomic E-state index is 13.3. The van der Waals surface area contributed by atoms with Crippen molar-refractivity contribution in [2.24, 2.45) is 0 Å². The van der Waals surface area contributed by atoms with Gasteiger partial charge in [-0.3, -0.25) is 4.79 Å². The Morgan fingerprint density at radius 3 is 2.68 bits per heavy atom. The summed E-state index contributed by atoms with van der Waals surface area (Å²) in [5.41, 5.74) is 0.691. The predicted octanol–water partition coefficient (Wildman–Crippen LogP) is 2.11. The van der Waals surface area contributed by atoms with E-state index in [1.54, 1.807) is 11.8 Å². The van der Waals surface area contributed by atoms with Crippen LogP contribution in [0.1, 0.15) is 38.5 Å². The molecule has 0 N–H and O–H groups in total. The second kappa shape index (κ2) is 9.56. The lowest BCUT2D eigenvalue weighted by Crippen LogP contribution is -2.49. The van der Waals surface area contributed by atoms with Crippen molar-refractivity contribution in [2.75, 3.05) is 24.4 Å². The third-order valence-electron chi connectivity index (χ3n) is 5.94. The van der Waals surface area contributed by atoms with Crippen molar-refractivity contribution in [3.8, 4) is 11.4 Å². The molecule has 1 aromatic heterocycles. The number of ether oxygens (including phenoxy) is 1. The molecule has 1 aliphatic carbocycles. The molecule has 1 saturated heterocycles. The van der Waals surface area contributed by atoms with Crippen molar-refractivity contribution in [1.29, 1.82) is 0 Å². The van der Waals surface area contributed by atoms with E-state index in [0.717, 1.165) is 25.7 Å². The minimum Gasteiger partial charge on any atom is -0.494 e. The molecule has 9 nitrogen and oxygen atoms in total. The van der Waals surface area contributed by atoms with Gasteiger partial charge in [0, 0.05) is 12.1 Å². The lowest BCUT2D eigenvalue weighted by atomic mass is 9.93. The van der Waals surface area contributed by atoms with Crippen LogP contribution < -0.4 is 4.74 Å². The van der Waals surface area contributed by atoms with E-state index in [1.807, 2.05) is 29.2 Å². The second-order valence-corrected chi connectivity index (χ2v) is 11.2. The van der Waals surface area contributed by atoms with E-state index >= 15 is 0 Å². The van der Waals surface area contributed by atoms with Gasteiger partial charge in [0.2, 0.25) is 11.1 Å². The van der Waals surface area contributed by atoms with Crippen LogP contribution in [0.15, 0.2) is 29.4 Å². The molecule has 11 heteroatoms. The van der Waals surface area contributed by atoms with Crippen molar-refractivity contribution in [2.45, 2.75) is 55.8 Å². The summed E-state index contributed by atoms with van der Waals surface area (Å²) < 4.78 is 31.1. The number of aromatic nitrogens is 4. The standard InChI is InChI=1S/C20H27N5O4S2/c1-29-18-10-6-5-9-17(18)25-20(21-22-23-25)30-13-19(26)24(15-7-3-2-4-8-15)16-11-12-31(27,28)14-16/h5-6,9-10,15-16H,2-4,7-8,11-14H2,1H3. The van der Waals surface area contributed by atoms with Crippen LogP contribution in [0.2, 0.25) is 0 Å². The highest BCUT2D eigenvalue weighted by atomic mass is 32.2. The monoisotopic (exact) mass is 465 g/mol. The first-order valence-corrected chi connectivity index (χ1v) is 13.4. The Hall–Kier alpha value is -2.14. The molecule has 2 aromatic rings. The van der Waals surface area contributed by atoms with Gasteiger partial charge in [0.25, 0.3) is 0 Å². The van der Waals surface area contributed by atoms with Crippen LogP contribution in [-0.4, -0.2) is 75.9 Å². The zero-order valence-corrected chi connectivity index (χ0v) is 19.1. The van der Waals surface area contributed by atoms with E-state index in [0.29, 0.717) is 23.0 Å². The van der Waals surface area contributed by atoms with Gasteiger partial charge >= 0.3 is 0 Å². The molecule has 4 rings (SSSR count). The van der Waals surface area contributed by atoms with E-state index in [9.17, 15) is 13.2 Å². The number of carbonyl (C=O) groups is 1. The van der Waals surface area contributed by atoms with Crippen molar-refractivity contribution in [3.63, 3.8) is 0 Å². The number of tetrazole rings is 1. The zero-order chi connectivity index (χ0) is 21.8. The molecule has 1 saturated carbocycles. The first-order chi connectivity index (χ1) is 15.0. The fraction of sp³-hybridized carbons (Fsp3) is 0.600. The van der Waals surface area contributed by atoms with Crippen LogP contribution in [0.25, 0.3) is 5.69 Å². The topological polar surface area (TPSA) is 107 Å². The van der Waals surface area contributed by atoms with Gasteiger partial charge in [-0.15, -0.1) is 5.10 Å². The van der Waals surface area contributed by atoms with Crippen molar-refractivity contribution in [3.05, 3.63) is 24.3 Å². The Bertz CT molecular complexity index is 1020. The van der Waals surface area contributed by atoms with Gasteiger partial charge in [-0.2, -0.15) is 4.68 Å². The molecular formula is C20H27N5O4S2. The molecule has 2 aliphatic rings. The lowest BCUT2D eigenvalue weighted by Gasteiger charge is -2.38. The molecule has 1 amide bonds. The van der Waals surface area contributed by atoms with Gasteiger partial charge in [0.15, 0.2) is 9.84 Å². The molecule has 168 valence electrons. The van der Waals surface area contributed by atoms with E-state index in [-0.39, 0.29) is 35.2 Å². The Kier molecular flexibility index (Phi) is 6.80. The zero-order valence-electron chi connectivity index (χ0n) is 17.5. The predicted molar refractivity (Wildman–Crippen MR) is 117 cm³/mol. The molecular weight excluding hydrogens is 438 g/mol. The van der Waals surface area contributed by atoms with Crippen LogP contribution in [0.4, 0.5) is 0 Å². The number of carbonyl (C=O) groups excluding carboxylic acids is 1. The summed E-state index contributed by atoms with van der Waals surface area (Å²) in [7, 11) is -1.49. The molecule has 0 radical (unpaired) electrons. The highest BCUT2D eigenvalue weighted by Crippen LogP contribution is 2.30. The minimum absolute atomic E-state index is 0.0476. The molecule has 2 heterocycles. The summed E-state index contributed by atoms with van der Waals surface area (Å²) in [4.78, 5) is 15.2. The number of para-hydroxylation sites is 2. The number of thioether (sulfide) groups is 1. The van der Waals surface area contributed by atoms with Gasteiger partial charge in [0.05, 0.1) is 24.4 Å². The van der Waals surface area contributed by atoms with Crippen LogP contribution in [0.3, 0.4) is 0 Å². The van der Waals surface area contributed by atoms with Crippen LogP contribution in [0.5, 0.6) is 5.75 Å². The van der Waals surface area contributed by atoms with E-state index in [1.165, 1.54) is 18.2 Å². The Labute approximate surface area is 186 Å². The van der Waals surface area contributed by atoms with Gasteiger partial charge in [0.1, 0.15) is 11.4 Å². The Balaban J connectivity index is 1.50. The third kappa shape index (κ3) is 5.03. The first kappa shape index (κ1) is 22.1. The van der Waals surface area contributed by atoms with Crippen molar-refractivity contribution >= 4 is 27.5 Å². The smallest absolute Gasteiger partial charge is 0.233 e. The molecule has 1 aromatic carbocycles. The normalized spacial score (nSPS) is 21.1. The largest absolute Gasteiger partial charge is 0.494 e. The van der Waals surface area contributed by atoms with E-state index in [2.05, 4.69) is 15.5 Å². The first-order valence-electron chi connectivity index (χ1n) is 10.5. The number of benzene rings is 1. The Morgan fingerprint density at radius 2 is 1.97 bits per heavy atom. The fourth-order valence-electron chi connectivity index (χ4n) is 4.49. The minimum atomic E-state index is -3.07. The molecule has 1 unspecified atom stereocenters. The highest BCUT2D eigenvalue weighted by molar-refractivity contribution is 7.99. The number of nitrogens with zero attached hydrogens (tertiary/aromatic N) is 5. The van der Waals surface area contributed by atoms with Crippen LogP contribution in [-0.2, 0) is 14.6 Å². The molecule has 0 spiro atoms. The Morgan fingerprint density at radius 1 is 1.19 bits per heavy atom. The van der Waals surface area contributed by atoms with Gasteiger partial charge in [-0.05, 0) is 41.8 Å². The molecule has 0 bridgehead atoms. The SMILES string of the molecule is COc1ccccc1-n1nnnc1SCC(=O)N(C1CCCCC1)C1CCS(=O)(=O)C1. The highest BCUT2D eigenvalue weighted by Gasteiger charge is 2.38. The second-order valence-electron chi connectivity index (χ2n) is 7.98. The maximum absolute atomic E-state index is 13.3. The molecule has 1 atom stereocenters.